The number of hydrogen-bond donors (Lipinski definition) is 0. The number of halogens is 1. The van der Waals surface area contributed by atoms with Crippen LogP contribution in [0.1, 0.15) is 36.2 Å². The summed E-state index contributed by atoms with van der Waals surface area (Å²) in [5.41, 5.74) is 5.48. The van der Waals surface area contributed by atoms with E-state index in [1.165, 1.54) is 12.7 Å². The molecule has 4 rings (SSSR count). The fraction of sp³-hybridized carbons (Fsp3) is 0.370. The monoisotopic (exact) mass is 479 g/mol. The van der Waals surface area contributed by atoms with Crippen molar-refractivity contribution >= 4 is 17.6 Å². The van der Waals surface area contributed by atoms with E-state index in [-0.39, 0.29) is 11.9 Å². The fourth-order valence-corrected chi connectivity index (χ4v) is 4.46. The highest BCUT2D eigenvalue weighted by Crippen LogP contribution is 2.25. The molecule has 1 aromatic heterocycles. The maximum atomic E-state index is 11.7. The summed E-state index contributed by atoms with van der Waals surface area (Å²) in [5, 5.41) is 0.719. The van der Waals surface area contributed by atoms with Crippen molar-refractivity contribution in [1.82, 2.24) is 14.9 Å². The van der Waals surface area contributed by atoms with Gasteiger partial charge in [-0.2, -0.15) is 0 Å². The van der Waals surface area contributed by atoms with Crippen LogP contribution in [0.5, 0.6) is 5.75 Å². The Morgan fingerprint density at radius 1 is 1.18 bits per heavy atom. The molecule has 0 fully saturated rings. The van der Waals surface area contributed by atoms with Gasteiger partial charge in [-0.1, -0.05) is 31.5 Å². The minimum Gasteiger partial charge on any atom is -0.489 e. The Balaban J connectivity index is 1.39. The average molecular weight is 480 g/mol. The summed E-state index contributed by atoms with van der Waals surface area (Å²) in [4.78, 5) is 23.4. The molecule has 34 heavy (non-hydrogen) atoms. The van der Waals surface area contributed by atoms with E-state index in [2.05, 4.69) is 22.9 Å². The van der Waals surface area contributed by atoms with Crippen LogP contribution in [0.2, 0.25) is 5.02 Å². The first-order valence-corrected chi connectivity index (χ1v) is 12.0. The van der Waals surface area contributed by atoms with Crippen molar-refractivity contribution < 1.29 is 14.3 Å². The lowest BCUT2D eigenvalue weighted by Gasteiger charge is -2.29. The molecule has 7 heteroatoms. The van der Waals surface area contributed by atoms with Gasteiger partial charge < -0.3 is 9.47 Å². The summed E-state index contributed by atoms with van der Waals surface area (Å²) in [6.45, 7) is 6.77. The predicted octanol–water partition coefficient (Wildman–Crippen LogP) is 5.11. The number of ether oxygens (including phenoxy) is 2. The lowest BCUT2D eigenvalue weighted by molar-refractivity contribution is -0.145. The third kappa shape index (κ3) is 5.75. The van der Waals surface area contributed by atoms with Gasteiger partial charge in [-0.15, -0.1) is 0 Å². The molecule has 0 amide bonds. The van der Waals surface area contributed by atoms with Crippen molar-refractivity contribution in [2.75, 3.05) is 20.2 Å². The molecule has 0 N–H and O–H groups in total. The highest BCUT2D eigenvalue weighted by Gasteiger charge is 2.23. The third-order valence-corrected chi connectivity index (χ3v) is 6.44. The summed E-state index contributed by atoms with van der Waals surface area (Å²) in [5.74, 6) is 1.17. The molecule has 1 aliphatic heterocycles. The summed E-state index contributed by atoms with van der Waals surface area (Å²) in [6, 6.07) is 13.8. The van der Waals surface area contributed by atoms with Gasteiger partial charge in [-0.25, -0.2) is 9.97 Å². The summed E-state index contributed by atoms with van der Waals surface area (Å²) < 4.78 is 10.8. The van der Waals surface area contributed by atoms with E-state index in [9.17, 15) is 4.79 Å². The Kier molecular flexibility index (Phi) is 7.80. The smallest absolute Gasteiger partial charge is 0.309 e. The van der Waals surface area contributed by atoms with Gasteiger partial charge in [-0.05, 0) is 53.9 Å². The van der Waals surface area contributed by atoms with Crippen LogP contribution in [-0.2, 0) is 35.5 Å². The Morgan fingerprint density at radius 2 is 1.97 bits per heavy atom. The molecule has 1 aliphatic rings. The Labute approximate surface area is 205 Å². The number of aromatic nitrogens is 2. The SMILES string of the molecule is CCc1ccc(Cl)cc1COc1ccc(-c2ncc3c(n2)CCN(CC(C)C(=O)OC)C3)cc1. The molecule has 6 nitrogen and oxygen atoms in total. The maximum absolute atomic E-state index is 11.7. The first kappa shape index (κ1) is 24.2. The lowest BCUT2D eigenvalue weighted by atomic mass is 10.0. The summed E-state index contributed by atoms with van der Waals surface area (Å²) in [7, 11) is 1.43. The van der Waals surface area contributed by atoms with Crippen LogP contribution in [0.25, 0.3) is 11.4 Å². The Hall–Kier alpha value is -2.96. The Morgan fingerprint density at radius 3 is 2.71 bits per heavy atom. The van der Waals surface area contributed by atoms with E-state index in [0.717, 1.165) is 59.1 Å². The van der Waals surface area contributed by atoms with Gasteiger partial charge in [0.15, 0.2) is 5.82 Å². The van der Waals surface area contributed by atoms with Crippen LogP contribution >= 0.6 is 11.6 Å². The van der Waals surface area contributed by atoms with Crippen LogP contribution in [0.3, 0.4) is 0 Å². The van der Waals surface area contributed by atoms with Gasteiger partial charge in [0.1, 0.15) is 12.4 Å². The first-order valence-electron chi connectivity index (χ1n) is 11.6. The molecule has 178 valence electrons. The quantitative estimate of drug-likeness (QED) is 0.418. The largest absolute Gasteiger partial charge is 0.489 e. The summed E-state index contributed by atoms with van der Waals surface area (Å²) >= 11 is 6.15. The van der Waals surface area contributed by atoms with Gasteiger partial charge in [0.2, 0.25) is 0 Å². The number of hydrogen-bond acceptors (Lipinski definition) is 6. The molecule has 0 saturated heterocycles. The van der Waals surface area contributed by atoms with Crippen molar-refractivity contribution in [2.24, 2.45) is 5.92 Å². The lowest BCUT2D eigenvalue weighted by Crippen LogP contribution is -2.36. The molecule has 2 aromatic carbocycles. The molecule has 0 spiro atoms. The Bertz CT molecular complexity index is 1150. The van der Waals surface area contributed by atoms with Crippen LogP contribution in [0, 0.1) is 5.92 Å². The summed E-state index contributed by atoms with van der Waals surface area (Å²) in [6.07, 6.45) is 3.67. The van der Waals surface area contributed by atoms with Gasteiger partial charge in [0.25, 0.3) is 0 Å². The molecular weight excluding hydrogens is 450 g/mol. The van der Waals surface area contributed by atoms with Crippen LogP contribution < -0.4 is 4.74 Å². The van der Waals surface area contributed by atoms with Crippen molar-refractivity contribution in [3.8, 4) is 17.1 Å². The third-order valence-electron chi connectivity index (χ3n) is 6.20. The number of esters is 1. The van der Waals surface area contributed by atoms with E-state index in [1.54, 1.807) is 0 Å². The second-order valence-electron chi connectivity index (χ2n) is 8.65. The standard InChI is InChI=1S/C27H30ClN3O3/c1-4-19-5-8-23(28)13-21(19)17-34-24-9-6-20(7-10-24)26-29-14-22-16-31(12-11-25(22)30-26)15-18(2)27(32)33-3/h5-10,13-14,18H,4,11-12,15-17H2,1-3H3. The average Bonchev–Trinajstić information content (AvgIpc) is 2.87. The minimum atomic E-state index is -0.178. The zero-order chi connectivity index (χ0) is 24.1. The number of rotatable bonds is 8. The number of fused-ring (bicyclic) bond motifs is 1. The zero-order valence-corrected chi connectivity index (χ0v) is 20.6. The second-order valence-corrected chi connectivity index (χ2v) is 9.09. The number of carbonyl (C=O) groups excluding carboxylic acids is 1. The zero-order valence-electron chi connectivity index (χ0n) is 19.9. The molecule has 2 heterocycles. The molecule has 0 saturated carbocycles. The van der Waals surface area contributed by atoms with Gasteiger partial charge in [0, 0.05) is 48.4 Å². The highest BCUT2D eigenvalue weighted by molar-refractivity contribution is 6.30. The van der Waals surface area contributed by atoms with E-state index in [0.29, 0.717) is 19.0 Å². The topological polar surface area (TPSA) is 64.6 Å². The van der Waals surface area contributed by atoms with E-state index in [4.69, 9.17) is 26.1 Å². The van der Waals surface area contributed by atoms with Gasteiger partial charge in [0.05, 0.1) is 18.7 Å². The molecule has 1 unspecified atom stereocenters. The molecule has 0 radical (unpaired) electrons. The highest BCUT2D eigenvalue weighted by atomic mass is 35.5. The van der Waals surface area contributed by atoms with Crippen molar-refractivity contribution in [3.63, 3.8) is 0 Å². The minimum absolute atomic E-state index is 0.153. The number of carbonyl (C=O) groups is 1. The normalized spacial score (nSPS) is 14.4. The maximum Gasteiger partial charge on any atom is 0.309 e. The first-order chi connectivity index (χ1) is 16.5. The van der Waals surface area contributed by atoms with E-state index < -0.39 is 0 Å². The van der Waals surface area contributed by atoms with Crippen LogP contribution in [0.15, 0.2) is 48.7 Å². The molecule has 0 bridgehead atoms. The van der Waals surface area contributed by atoms with Crippen LogP contribution in [0.4, 0.5) is 0 Å². The molecule has 1 atom stereocenters. The predicted molar refractivity (Wildman–Crippen MR) is 133 cm³/mol. The number of methoxy groups -OCH3 is 1. The number of nitrogens with zero attached hydrogens (tertiary/aromatic N) is 3. The molecule has 3 aromatic rings. The van der Waals surface area contributed by atoms with Crippen molar-refractivity contribution in [3.05, 3.63) is 76.1 Å². The molecular formula is C27H30ClN3O3. The second kappa shape index (κ2) is 11.0. The van der Waals surface area contributed by atoms with Gasteiger partial charge >= 0.3 is 5.97 Å². The number of benzene rings is 2. The number of aryl methyl sites for hydroxylation is 1. The van der Waals surface area contributed by atoms with Crippen LogP contribution in [-0.4, -0.2) is 41.0 Å². The van der Waals surface area contributed by atoms with Crippen molar-refractivity contribution in [1.29, 1.82) is 0 Å². The van der Waals surface area contributed by atoms with E-state index in [1.807, 2.05) is 49.5 Å². The van der Waals surface area contributed by atoms with Gasteiger partial charge in [-0.3, -0.25) is 9.69 Å². The van der Waals surface area contributed by atoms with E-state index >= 15 is 0 Å². The molecule has 0 aliphatic carbocycles. The fourth-order valence-electron chi connectivity index (χ4n) is 4.27. The van der Waals surface area contributed by atoms with Crippen molar-refractivity contribution in [2.45, 2.75) is 39.8 Å².